The smallest absolute Gasteiger partial charge is 0.226 e. The number of nitrogens with zero attached hydrogens (tertiary/aromatic N) is 1. The van der Waals surface area contributed by atoms with Gasteiger partial charge in [0.2, 0.25) is 5.91 Å². The van der Waals surface area contributed by atoms with E-state index in [9.17, 15) is 4.79 Å². The van der Waals surface area contributed by atoms with Crippen molar-refractivity contribution in [3.63, 3.8) is 0 Å². The van der Waals surface area contributed by atoms with Crippen molar-refractivity contribution in [2.75, 3.05) is 26.2 Å². The van der Waals surface area contributed by atoms with E-state index in [-0.39, 0.29) is 12.0 Å². The van der Waals surface area contributed by atoms with Gasteiger partial charge < -0.3 is 16.0 Å². The maximum atomic E-state index is 12.6. The summed E-state index contributed by atoms with van der Waals surface area (Å²) >= 11 is 0. The van der Waals surface area contributed by atoms with E-state index in [1.807, 2.05) is 0 Å². The van der Waals surface area contributed by atoms with E-state index in [1.54, 1.807) is 0 Å². The number of hydrogen-bond donors (Lipinski definition) is 2. The largest absolute Gasteiger partial charge is 0.338 e. The molecule has 0 radical (unpaired) electrons. The summed E-state index contributed by atoms with van der Waals surface area (Å²) < 4.78 is 0. The fourth-order valence-corrected chi connectivity index (χ4v) is 3.90. The average molecular weight is 251 g/mol. The Labute approximate surface area is 109 Å². The Bertz CT molecular complexity index is 338. The number of amides is 1. The van der Waals surface area contributed by atoms with Gasteiger partial charge in [-0.25, -0.2) is 0 Å². The number of nitrogens with one attached hydrogen (secondary N) is 1. The monoisotopic (exact) mass is 251 g/mol. The molecular formula is C14H25N3O. The third-order valence-corrected chi connectivity index (χ3v) is 5.30. The van der Waals surface area contributed by atoms with Gasteiger partial charge in [0, 0.05) is 31.6 Å². The Morgan fingerprint density at radius 1 is 1.56 bits per heavy atom. The molecule has 2 heterocycles. The van der Waals surface area contributed by atoms with E-state index in [2.05, 4.69) is 17.1 Å². The summed E-state index contributed by atoms with van der Waals surface area (Å²) in [5, 5.41) is 3.40. The molecule has 0 aromatic rings. The lowest BCUT2D eigenvalue weighted by Gasteiger charge is -2.38. The van der Waals surface area contributed by atoms with Gasteiger partial charge in [0.1, 0.15) is 0 Å². The molecule has 1 aliphatic carbocycles. The number of nitrogens with two attached hydrogens (primary N) is 1. The average Bonchev–Trinajstić information content (AvgIpc) is 2.86. The predicted octanol–water partition coefficient (Wildman–Crippen LogP) is 0.572. The van der Waals surface area contributed by atoms with Crippen molar-refractivity contribution in [2.45, 2.75) is 38.6 Å². The highest BCUT2D eigenvalue weighted by atomic mass is 16.2. The molecule has 4 heteroatoms. The molecule has 0 bridgehead atoms. The molecule has 102 valence electrons. The minimum atomic E-state index is 0.285. The molecule has 3 fully saturated rings. The zero-order valence-corrected chi connectivity index (χ0v) is 11.3. The van der Waals surface area contributed by atoms with E-state index in [0.717, 1.165) is 38.9 Å². The first-order valence-electron chi connectivity index (χ1n) is 7.37. The Morgan fingerprint density at radius 2 is 2.39 bits per heavy atom. The second-order valence-electron chi connectivity index (χ2n) is 6.60. The van der Waals surface area contributed by atoms with Crippen LogP contribution in [0.4, 0.5) is 0 Å². The molecule has 4 nitrogen and oxygen atoms in total. The number of likely N-dealkylation sites (tertiary alicyclic amines) is 1. The Balaban J connectivity index is 1.65. The maximum Gasteiger partial charge on any atom is 0.226 e. The van der Waals surface area contributed by atoms with E-state index in [0.29, 0.717) is 23.8 Å². The van der Waals surface area contributed by atoms with Crippen LogP contribution in [0.2, 0.25) is 0 Å². The highest BCUT2D eigenvalue weighted by Gasteiger charge is 2.60. The highest BCUT2D eigenvalue weighted by Crippen LogP contribution is 2.57. The van der Waals surface area contributed by atoms with Crippen LogP contribution in [-0.2, 0) is 4.79 Å². The third kappa shape index (κ3) is 1.95. The molecule has 4 atom stereocenters. The summed E-state index contributed by atoms with van der Waals surface area (Å²) in [6, 6.07) is 0.285. The Hall–Kier alpha value is -0.610. The van der Waals surface area contributed by atoms with Gasteiger partial charge in [0.05, 0.1) is 0 Å². The third-order valence-electron chi connectivity index (χ3n) is 5.30. The maximum absolute atomic E-state index is 12.6. The van der Waals surface area contributed by atoms with Gasteiger partial charge in [-0.3, -0.25) is 4.79 Å². The summed E-state index contributed by atoms with van der Waals surface area (Å²) in [6.45, 7) is 5.93. The van der Waals surface area contributed by atoms with E-state index < -0.39 is 0 Å². The van der Waals surface area contributed by atoms with Crippen molar-refractivity contribution >= 4 is 5.91 Å². The zero-order valence-electron chi connectivity index (χ0n) is 11.3. The van der Waals surface area contributed by atoms with Gasteiger partial charge in [-0.15, -0.1) is 0 Å². The number of carbonyl (C=O) groups excluding carboxylic acids is 1. The van der Waals surface area contributed by atoms with E-state index in [4.69, 9.17) is 5.73 Å². The van der Waals surface area contributed by atoms with Crippen molar-refractivity contribution in [1.29, 1.82) is 0 Å². The highest BCUT2D eigenvalue weighted by molar-refractivity contribution is 5.83. The number of rotatable bonds is 2. The molecule has 2 saturated heterocycles. The molecule has 1 saturated carbocycles. The van der Waals surface area contributed by atoms with Gasteiger partial charge in [-0.1, -0.05) is 6.92 Å². The topological polar surface area (TPSA) is 58.4 Å². The van der Waals surface area contributed by atoms with Gasteiger partial charge in [0.25, 0.3) is 0 Å². The normalized spacial score (nSPS) is 43.4. The molecule has 18 heavy (non-hydrogen) atoms. The lowest BCUT2D eigenvalue weighted by molar-refractivity contribution is -0.137. The van der Waals surface area contributed by atoms with Crippen LogP contribution in [0.5, 0.6) is 0 Å². The number of carbonyl (C=O) groups is 1. The van der Waals surface area contributed by atoms with E-state index >= 15 is 0 Å². The van der Waals surface area contributed by atoms with Gasteiger partial charge in [0.15, 0.2) is 0 Å². The van der Waals surface area contributed by atoms with Crippen molar-refractivity contribution < 1.29 is 4.79 Å². The standard InChI is InChI=1S/C14H25N3O/c1-10-2-5-17(11(6-10)8-15)13(18)12-7-14(12)3-4-16-9-14/h10-12,16H,2-9,15H2,1H3. The van der Waals surface area contributed by atoms with Crippen molar-refractivity contribution in [1.82, 2.24) is 10.2 Å². The van der Waals surface area contributed by atoms with Crippen LogP contribution < -0.4 is 11.1 Å². The molecule has 3 rings (SSSR count). The summed E-state index contributed by atoms with van der Waals surface area (Å²) in [5.41, 5.74) is 6.17. The van der Waals surface area contributed by atoms with Crippen LogP contribution in [0.15, 0.2) is 0 Å². The lowest BCUT2D eigenvalue weighted by Crippen LogP contribution is -2.50. The quantitative estimate of drug-likeness (QED) is 0.754. The van der Waals surface area contributed by atoms with Crippen LogP contribution in [0.3, 0.4) is 0 Å². The van der Waals surface area contributed by atoms with Gasteiger partial charge >= 0.3 is 0 Å². The Kier molecular flexibility index (Phi) is 3.10. The van der Waals surface area contributed by atoms with Crippen molar-refractivity contribution in [3.05, 3.63) is 0 Å². The van der Waals surface area contributed by atoms with Gasteiger partial charge in [-0.05, 0) is 43.6 Å². The number of hydrogen-bond acceptors (Lipinski definition) is 3. The molecule has 3 N–H and O–H groups in total. The molecule has 3 aliphatic rings. The lowest BCUT2D eigenvalue weighted by atomic mass is 9.91. The second kappa shape index (κ2) is 4.49. The first-order valence-corrected chi connectivity index (χ1v) is 7.37. The van der Waals surface area contributed by atoms with Crippen LogP contribution in [0.1, 0.15) is 32.6 Å². The minimum Gasteiger partial charge on any atom is -0.338 e. The molecule has 4 unspecified atom stereocenters. The first kappa shape index (κ1) is 12.4. The van der Waals surface area contributed by atoms with Crippen molar-refractivity contribution in [3.8, 4) is 0 Å². The SMILES string of the molecule is CC1CCN(C(=O)C2CC23CCNC3)C(CN)C1. The van der Waals surface area contributed by atoms with Crippen molar-refractivity contribution in [2.24, 2.45) is 23.0 Å². The van der Waals surface area contributed by atoms with Crippen LogP contribution in [0, 0.1) is 17.3 Å². The summed E-state index contributed by atoms with van der Waals surface area (Å²) in [7, 11) is 0. The summed E-state index contributed by atoms with van der Waals surface area (Å²) in [4.78, 5) is 14.7. The summed E-state index contributed by atoms with van der Waals surface area (Å²) in [6.07, 6.45) is 4.50. The summed E-state index contributed by atoms with van der Waals surface area (Å²) in [5.74, 6) is 1.39. The molecular weight excluding hydrogens is 226 g/mol. The van der Waals surface area contributed by atoms with Gasteiger partial charge in [-0.2, -0.15) is 0 Å². The van der Waals surface area contributed by atoms with Crippen LogP contribution >= 0.6 is 0 Å². The minimum absolute atomic E-state index is 0.285. The number of piperidine rings is 1. The second-order valence-corrected chi connectivity index (χ2v) is 6.60. The fourth-order valence-electron chi connectivity index (χ4n) is 3.90. The van der Waals surface area contributed by atoms with Crippen LogP contribution in [0.25, 0.3) is 0 Å². The van der Waals surface area contributed by atoms with E-state index in [1.165, 1.54) is 6.42 Å². The molecule has 0 aromatic heterocycles. The molecule has 0 aromatic carbocycles. The predicted molar refractivity (Wildman–Crippen MR) is 71.0 cm³/mol. The zero-order chi connectivity index (χ0) is 12.8. The van der Waals surface area contributed by atoms with Crippen LogP contribution in [-0.4, -0.2) is 43.0 Å². The molecule has 1 spiro atoms. The molecule has 1 amide bonds. The first-order chi connectivity index (χ1) is 8.66. The molecule has 2 aliphatic heterocycles. The Morgan fingerprint density at radius 3 is 3.06 bits per heavy atom. The fraction of sp³-hybridized carbons (Fsp3) is 0.929.